The highest BCUT2D eigenvalue weighted by molar-refractivity contribution is 5.94. The third-order valence-corrected chi connectivity index (χ3v) is 5.39. The molecule has 0 atom stereocenters. The zero-order chi connectivity index (χ0) is 22.3. The molecule has 0 saturated heterocycles. The molecule has 1 amide bonds. The Kier molecular flexibility index (Phi) is 6.70. The van der Waals surface area contributed by atoms with E-state index in [9.17, 15) is 4.79 Å². The first-order valence-electron chi connectivity index (χ1n) is 10.8. The number of nitrogens with zero attached hydrogens (tertiary/aromatic N) is 2. The number of para-hydroxylation sites is 2. The quantitative estimate of drug-likeness (QED) is 0.422. The second-order valence-electron chi connectivity index (χ2n) is 7.43. The maximum absolute atomic E-state index is 12.6. The van der Waals surface area contributed by atoms with Crippen molar-refractivity contribution >= 4 is 16.9 Å². The van der Waals surface area contributed by atoms with Crippen molar-refractivity contribution < 1.29 is 14.3 Å². The highest BCUT2D eigenvalue weighted by Crippen LogP contribution is 2.18. The van der Waals surface area contributed by atoms with Gasteiger partial charge in [0.1, 0.15) is 23.9 Å². The number of ether oxygens (including phenoxy) is 2. The van der Waals surface area contributed by atoms with E-state index in [2.05, 4.69) is 28.9 Å². The van der Waals surface area contributed by atoms with Crippen molar-refractivity contribution in [1.29, 1.82) is 0 Å². The molecule has 6 nitrogen and oxygen atoms in total. The lowest BCUT2D eigenvalue weighted by Crippen LogP contribution is -2.25. The summed E-state index contributed by atoms with van der Waals surface area (Å²) in [5.74, 6) is 2.11. The highest BCUT2D eigenvalue weighted by atomic mass is 16.5. The molecule has 0 aliphatic heterocycles. The summed E-state index contributed by atoms with van der Waals surface area (Å²) < 4.78 is 13.3. The van der Waals surface area contributed by atoms with Crippen molar-refractivity contribution in [3.8, 4) is 11.5 Å². The molecule has 0 saturated carbocycles. The Morgan fingerprint density at radius 1 is 1.00 bits per heavy atom. The molecular formula is C26H27N3O3. The first-order chi connectivity index (χ1) is 15.7. The maximum atomic E-state index is 12.6. The van der Waals surface area contributed by atoms with E-state index in [1.165, 1.54) is 5.56 Å². The van der Waals surface area contributed by atoms with Crippen LogP contribution < -0.4 is 14.8 Å². The Labute approximate surface area is 187 Å². The standard InChI is InChI=1S/C26H27N3O3/c1-3-19-11-13-21(14-12-19)32-16-15-29-24-10-5-4-9-23(24)28-25(29)18-27-26(30)20-7-6-8-22(17-20)31-2/h4-14,17H,3,15-16,18H2,1-2H3,(H,27,30). The van der Waals surface area contributed by atoms with Crippen LogP contribution in [0.2, 0.25) is 0 Å². The summed E-state index contributed by atoms with van der Waals surface area (Å²) in [6, 6.07) is 23.2. The fourth-order valence-electron chi connectivity index (χ4n) is 3.61. The van der Waals surface area contributed by atoms with Crippen LogP contribution in [0.25, 0.3) is 11.0 Å². The number of benzene rings is 3. The number of carbonyl (C=O) groups excluding carboxylic acids is 1. The summed E-state index contributed by atoms with van der Waals surface area (Å²) in [4.78, 5) is 17.4. The zero-order valence-electron chi connectivity index (χ0n) is 18.4. The first kappa shape index (κ1) is 21.4. The smallest absolute Gasteiger partial charge is 0.251 e. The Morgan fingerprint density at radius 2 is 1.81 bits per heavy atom. The monoisotopic (exact) mass is 429 g/mol. The molecule has 1 heterocycles. The number of methoxy groups -OCH3 is 1. The van der Waals surface area contributed by atoms with Crippen molar-refractivity contribution in [1.82, 2.24) is 14.9 Å². The van der Waals surface area contributed by atoms with Crippen LogP contribution >= 0.6 is 0 Å². The van der Waals surface area contributed by atoms with Gasteiger partial charge in [0.15, 0.2) is 0 Å². The number of carbonyl (C=O) groups is 1. The average Bonchev–Trinajstić information content (AvgIpc) is 3.20. The Balaban J connectivity index is 1.46. The van der Waals surface area contributed by atoms with E-state index in [1.807, 2.05) is 42.5 Å². The number of aromatic nitrogens is 2. The van der Waals surface area contributed by atoms with E-state index < -0.39 is 0 Å². The van der Waals surface area contributed by atoms with Crippen LogP contribution in [0.15, 0.2) is 72.8 Å². The van der Waals surface area contributed by atoms with Crippen molar-refractivity contribution in [2.24, 2.45) is 0 Å². The third kappa shape index (κ3) is 4.91. The summed E-state index contributed by atoms with van der Waals surface area (Å²) in [6.45, 7) is 3.58. The molecule has 0 aliphatic rings. The van der Waals surface area contributed by atoms with Crippen LogP contribution in [-0.4, -0.2) is 29.2 Å². The van der Waals surface area contributed by atoms with Crippen molar-refractivity contribution in [3.63, 3.8) is 0 Å². The summed E-state index contributed by atoms with van der Waals surface area (Å²) in [6.07, 6.45) is 1.01. The van der Waals surface area contributed by atoms with Gasteiger partial charge in [0, 0.05) is 5.56 Å². The van der Waals surface area contributed by atoms with Crippen LogP contribution in [0.5, 0.6) is 11.5 Å². The number of rotatable bonds is 9. The Bertz CT molecular complexity index is 1200. The summed E-state index contributed by atoms with van der Waals surface area (Å²) in [5, 5.41) is 2.97. The van der Waals surface area contributed by atoms with E-state index in [0.717, 1.165) is 29.0 Å². The van der Waals surface area contributed by atoms with E-state index in [0.29, 0.717) is 31.0 Å². The lowest BCUT2D eigenvalue weighted by molar-refractivity contribution is 0.0949. The topological polar surface area (TPSA) is 65.4 Å². The van der Waals surface area contributed by atoms with Gasteiger partial charge in [-0.2, -0.15) is 0 Å². The van der Waals surface area contributed by atoms with Gasteiger partial charge in [-0.25, -0.2) is 4.98 Å². The van der Waals surface area contributed by atoms with Crippen molar-refractivity contribution in [2.45, 2.75) is 26.4 Å². The second kappa shape index (κ2) is 10.0. The summed E-state index contributed by atoms with van der Waals surface area (Å²) in [5.41, 5.74) is 3.74. The summed E-state index contributed by atoms with van der Waals surface area (Å²) in [7, 11) is 1.58. The van der Waals surface area contributed by atoms with Crippen LogP contribution in [0.1, 0.15) is 28.7 Å². The van der Waals surface area contributed by atoms with Gasteiger partial charge in [0.25, 0.3) is 5.91 Å². The SMILES string of the molecule is CCc1ccc(OCCn2c(CNC(=O)c3cccc(OC)c3)nc3ccccc32)cc1. The van der Waals surface area contributed by atoms with Gasteiger partial charge in [-0.15, -0.1) is 0 Å². The average molecular weight is 430 g/mol. The second-order valence-corrected chi connectivity index (χ2v) is 7.43. The normalized spacial score (nSPS) is 10.8. The van der Waals surface area contributed by atoms with Crippen LogP contribution in [0.3, 0.4) is 0 Å². The lowest BCUT2D eigenvalue weighted by atomic mass is 10.2. The number of nitrogens with one attached hydrogen (secondary N) is 1. The lowest BCUT2D eigenvalue weighted by Gasteiger charge is -2.12. The Morgan fingerprint density at radius 3 is 2.59 bits per heavy atom. The van der Waals surface area contributed by atoms with Gasteiger partial charge in [-0.1, -0.05) is 37.3 Å². The summed E-state index contributed by atoms with van der Waals surface area (Å²) >= 11 is 0. The fourth-order valence-corrected chi connectivity index (χ4v) is 3.61. The molecule has 3 aromatic carbocycles. The zero-order valence-corrected chi connectivity index (χ0v) is 18.4. The maximum Gasteiger partial charge on any atom is 0.251 e. The number of fused-ring (bicyclic) bond motifs is 1. The fraction of sp³-hybridized carbons (Fsp3) is 0.231. The molecule has 0 bridgehead atoms. The number of hydrogen-bond donors (Lipinski definition) is 1. The molecule has 32 heavy (non-hydrogen) atoms. The minimum Gasteiger partial charge on any atom is -0.497 e. The molecule has 4 aromatic rings. The number of imidazole rings is 1. The molecule has 1 aromatic heterocycles. The van der Waals surface area contributed by atoms with Crippen LogP contribution in [0, 0.1) is 0 Å². The molecule has 0 aliphatic carbocycles. The van der Waals surface area contributed by atoms with Gasteiger partial charge in [0.05, 0.1) is 31.2 Å². The van der Waals surface area contributed by atoms with Gasteiger partial charge in [-0.3, -0.25) is 4.79 Å². The molecule has 0 radical (unpaired) electrons. The van der Waals surface area contributed by atoms with E-state index >= 15 is 0 Å². The van der Waals surface area contributed by atoms with E-state index in [1.54, 1.807) is 25.3 Å². The molecule has 6 heteroatoms. The number of amides is 1. The predicted molar refractivity (Wildman–Crippen MR) is 125 cm³/mol. The van der Waals surface area contributed by atoms with Gasteiger partial charge in [0.2, 0.25) is 0 Å². The van der Waals surface area contributed by atoms with E-state index in [-0.39, 0.29) is 5.91 Å². The Hall–Kier alpha value is -3.80. The van der Waals surface area contributed by atoms with Crippen LogP contribution in [-0.2, 0) is 19.5 Å². The third-order valence-electron chi connectivity index (χ3n) is 5.39. The van der Waals surface area contributed by atoms with Crippen LogP contribution in [0.4, 0.5) is 0 Å². The number of hydrogen-bond acceptors (Lipinski definition) is 4. The molecule has 4 rings (SSSR count). The van der Waals surface area contributed by atoms with Gasteiger partial charge in [-0.05, 0) is 54.4 Å². The molecule has 0 spiro atoms. The minimum atomic E-state index is -0.172. The predicted octanol–water partition coefficient (Wildman–Crippen LogP) is 4.62. The van der Waals surface area contributed by atoms with Crippen molar-refractivity contribution in [2.75, 3.05) is 13.7 Å². The highest BCUT2D eigenvalue weighted by Gasteiger charge is 2.13. The molecular weight excluding hydrogens is 402 g/mol. The molecule has 0 unspecified atom stereocenters. The van der Waals surface area contributed by atoms with Gasteiger partial charge >= 0.3 is 0 Å². The van der Waals surface area contributed by atoms with Crippen molar-refractivity contribution in [3.05, 3.63) is 89.7 Å². The van der Waals surface area contributed by atoms with Gasteiger partial charge < -0.3 is 19.4 Å². The molecule has 1 N–H and O–H groups in total. The first-order valence-corrected chi connectivity index (χ1v) is 10.8. The molecule has 164 valence electrons. The minimum absolute atomic E-state index is 0.172. The number of aryl methyl sites for hydroxylation is 1. The van der Waals surface area contributed by atoms with E-state index in [4.69, 9.17) is 14.5 Å². The molecule has 0 fully saturated rings. The largest absolute Gasteiger partial charge is 0.497 e.